The van der Waals surface area contributed by atoms with Gasteiger partial charge in [-0.1, -0.05) is 37.0 Å². The second-order valence-electron chi connectivity index (χ2n) is 4.71. The standard InChI is InChI=1S/C12H14Cl2N2O4/c1-6(2)3-10(12(17)18)15-9-4-7(13)8(14)5-11(9)16(19)20/h4-6,10,15H,3H2,1-2H3,(H,17,18)/t10-/m0/s1. The average molecular weight is 321 g/mol. The molecule has 0 radical (unpaired) electrons. The van der Waals surface area contributed by atoms with E-state index < -0.39 is 16.9 Å². The third-order valence-corrected chi connectivity index (χ3v) is 3.29. The summed E-state index contributed by atoms with van der Waals surface area (Å²) in [5.41, 5.74) is -0.271. The van der Waals surface area contributed by atoms with E-state index in [9.17, 15) is 14.9 Å². The summed E-state index contributed by atoms with van der Waals surface area (Å²) < 4.78 is 0. The van der Waals surface area contributed by atoms with Crippen molar-refractivity contribution in [2.24, 2.45) is 5.92 Å². The Labute approximate surface area is 125 Å². The summed E-state index contributed by atoms with van der Waals surface area (Å²) in [7, 11) is 0. The van der Waals surface area contributed by atoms with Gasteiger partial charge in [0.25, 0.3) is 5.69 Å². The van der Waals surface area contributed by atoms with Gasteiger partial charge in [0.15, 0.2) is 0 Å². The lowest BCUT2D eigenvalue weighted by atomic mass is 10.0. The van der Waals surface area contributed by atoms with Gasteiger partial charge in [-0.2, -0.15) is 0 Å². The highest BCUT2D eigenvalue weighted by Crippen LogP contribution is 2.34. The minimum Gasteiger partial charge on any atom is -0.480 e. The first-order valence-electron chi connectivity index (χ1n) is 5.85. The number of nitrogens with one attached hydrogen (secondary N) is 1. The maximum Gasteiger partial charge on any atom is 0.326 e. The molecule has 0 spiro atoms. The number of nitro groups is 1. The molecular formula is C12H14Cl2N2O4. The molecule has 2 N–H and O–H groups in total. The van der Waals surface area contributed by atoms with E-state index >= 15 is 0 Å². The predicted molar refractivity (Wildman–Crippen MR) is 77.6 cm³/mol. The fraction of sp³-hybridized carbons (Fsp3) is 0.417. The molecule has 0 unspecified atom stereocenters. The van der Waals surface area contributed by atoms with Gasteiger partial charge < -0.3 is 10.4 Å². The van der Waals surface area contributed by atoms with Crippen LogP contribution >= 0.6 is 23.2 Å². The molecule has 0 saturated carbocycles. The first-order valence-corrected chi connectivity index (χ1v) is 6.60. The molecule has 0 saturated heterocycles. The Balaban J connectivity index is 3.14. The summed E-state index contributed by atoms with van der Waals surface area (Å²) in [6, 6.07) is 1.42. The van der Waals surface area contributed by atoms with Crippen molar-refractivity contribution in [3.05, 3.63) is 32.3 Å². The van der Waals surface area contributed by atoms with Gasteiger partial charge >= 0.3 is 5.97 Å². The van der Waals surface area contributed by atoms with Gasteiger partial charge in [-0.3, -0.25) is 10.1 Å². The minimum absolute atomic E-state index is 0.0393. The van der Waals surface area contributed by atoms with Crippen molar-refractivity contribution in [2.75, 3.05) is 5.32 Å². The molecule has 1 aromatic carbocycles. The molecule has 0 bridgehead atoms. The number of hydrogen-bond acceptors (Lipinski definition) is 4. The molecule has 0 heterocycles. The zero-order chi connectivity index (χ0) is 15.4. The molecule has 0 aliphatic rings. The van der Waals surface area contributed by atoms with Crippen LogP contribution in [0, 0.1) is 16.0 Å². The normalized spacial score (nSPS) is 12.2. The quantitative estimate of drug-likeness (QED) is 0.614. The van der Waals surface area contributed by atoms with E-state index in [-0.39, 0.29) is 27.3 Å². The van der Waals surface area contributed by atoms with Crippen LogP contribution in [0.1, 0.15) is 20.3 Å². The molecule has 0 amide bonds. The molecule has 1 aromatic rings. The first-order chi connectivity index (χ1) is 9.22. The van der Waals surface area contributed by atoms with E-state index in [0.717, 1.165) is 6.07 Å². The van der Waals surface area contributed by atoms with Crippen LogP contribution in [0.4, 0.5) is 11.4 Å². The summed E-state index contributed by atoms with van der Waals surface area (Å²) in [6.07, 6.45) is 0.326. The lowest BCUT2D eigenvalue weighted by molar-refractivity contribution is -0.384. The molecule has 0 aliphatic carbocycles. The zero-order valence-corrected chi connectivity index (χ0v) is 12.4. The average Bonchev–Trinajstić information content (AvgIpc) is 2.31. The van der Waals surface area contributed by atoms with Crippen LogP contribution in [-0.4, -0.2) is 22.0 Å². The number of nitro benzene ring substituents is 1. The molecule has 8 heteroatoms. The number of anilines is 1. The second-order valence-corrected chi connectivity index (χ2v) is 5.52. The fourth-order valence-corrected chi connectivity index (χ4v) is 2.01. The number of carbonyl (C=O) groups is 1. The van der Waals surface area contributed by atoms with Gasteiger partial charge in [-0.05, 0) is 18.4 Å². The number of hydrogen-bond donors (Lipinski definition) is 2. The van der Waals surface area contributed by atoms with E-state index in [1.807, 2.05) is 13.8 Å². The fourth-order valence-electron chi connectivity index (χ4n) is 1.68. The number of halogens is 2. The Hall–Kier alpha value is -1.53. The summed E-state index contributed by atoms with van der Waals surface area (Å²) >= 11 is 11.6. The maximum absolute atomic E-state index is 11.2. The van der Waals surface area contributed by atoms with E-state index in [2.05, 4.69) is 5.32 Å². The zero-order valence-electron chi connectivity index (χ0n) is 10.9. The summed E-state index contributed by atoms with van der Waals surface area (Å²) in [5.74, 6) is -0.968. The van der Waals surface area contributed by atoms with E-state index in [1.165, 1.54) is 6.07 Å². The third kappa shape index (κ3) is 4.25. The van der Waals surface area contributed by atoms with E-state index in [1.54, 1.807) is 0 Å². The molecule has 110 valence electrons. The highest BCUT2D eigenvalue weighted by atomic mass is 35.5. The van der Waals surface area contributed by atoms with E-state index in [4.69, 9.17) is 28.3 Å². The van der Waals surface area contributed by atoms with Crippen LogP contribution in [0.5, 0.6) is 0 Å². The highest BCUT2D eigenvalue weighted by Gasteiger charge is 2.24. The number of benzene rings is 1. The van der Waals surface area contributed by atoms with Crippen molar-refractivity contribution in [2.45, 2.75) is 26.3 Å². The van der Waals surface area contributed by atoms with Crippen molar-refractivity contribution in [1.82, 2.24) is 0 Å². The Morgan fingerprint density at radius 3 is 2.40 bits per heavy atom. The molecule has 0 aliphatic heterocycles. The summed E-state index contributed by atoms with van der Waals surface area (Å²) in [5, 5.41) is 22.9. The van der Waals surface area contributed by atoms with Gasteiger partial charge in [-0.15, -0.1) is 0 Å². The molecule has 1 atom stereocenters. The smallest absolute Gasteiger partial charge is 0.326 e. The van der Waals surface area contributed by atoms with Crippen molar-refractivity contribution >= 4 is 40.5 Å². The monoisotopic (exact) mass is 320 g/mol. The largest absolute Gasteiger partial charge is 0.480 e. The van der Waals surface area contributed by atoms with Crippen LogP contribution in [0.25, 0.3) is 0 Å². The van der Waals surface area contributed by atoms with Crippen molar-refractivity contribution in [3.8, 4) is 0 Å². The van der Waals surface area contributed by atoms with Crippen molar-refractivity contribution < 1.29 is 14.8 Å². The molecule has 1 rings (SSSR count). The maximum atomic E-state index is 11.2. The Bertz CT molecular complexity index is 534. The Morgan fingerprint density at radius 2 is 1.95 bits per heavy atom. The van der Waals surface area contributed by atoms with Gasteiger partial charge in [0, 0.05) is 6.07 Å². The van der Waals surface area contributed by atoms with Gasteiger partial charge in [0.05, 0.1) is 15.0 Å². The number of carboxylic acid groups (broad SMARTS) is 1. The van der Waals surface area contributed by atoms with Crippen molar-refractivity contribution in [3.63, 3.8) is 0 Å². The van der Waals surface area contributed by atoms with Gasteiger partial charge in [-0.25, -0.2) is 4.79 Å². The van der Waals surface area contributed by atoms with Crippen LogP contribution in [0.3, 0.4) is 0 Å². The molecule has 0 fully saturated rings. The Morgan fingerprint density at radius 1 is 1.40 bits per heavy atom. The molecule has 6 nitrogen and oxygen atoms in total. The van der Waals surface area contributed by atoms with Crippen molar-refractivity contribution in [1.29, 1.82) is 0 Å². The topological polar surface area (TPSA) is 92.5 Å². The second kappa shape index (κ2) is 6.76. The minimum atomic E-state index is -1.08. The summed E-state index contributed by atoms with van der Waals surface area (Å²) in [4.78, 5) is 21.5. The molecule has 0 aromatic heterocycles. The summed E-state index contributed by atoms with van der Waals surface area (Å²) in [6.45, 7) is 3.72. The third-order valence-electron chi connectivity index (χ3n) is 2.57. The predicted octanol–water partition coefficient (Wildman–Crippen LogP) is 3.81. The van der Waals surface area contributed by atoms with Crippen LogP contribution < -0.4 is 5.32 Å². The van der Waals surface area contributed by atoms with Crippen LogP contribution in [-0.2, 0) is 4.79 Å². The first kappa shape index (κ1) is 16.5. The molecular weight excluding hydrogens is 307 g/mol. The number of nitrogens with zero attached hydrogens (tertiary/aromatic N) is 1. The molecule has 20 heavy (non-hydrogen) atoms. The number of carboxylic acids is 1. The van der Waals surface area contributed by atoms with E-state index in [0.29, 0.717) is 6.42 Å². The lowest BCUT2D eigenvalue weighted by Gasteiger charge is -2.18. The van der Waals surface area contributed by atoms with Gasteiger partial charge in [0.1, 0.15) is 11.7 Å². The highest BCUT2D eigenvalue weighted by molar-refractivity contribution is 6.42. The van der Waals surface area contributed by atoms with Gasteiger partial charge in [0.2, 0.25) is 0 Å². The van der Waals surface area contributed by atoms with Crippen LogP contribution in [0.15, 0.2) is 12.1 Å². The number of rotatable bonds is 6. The number of aliphatic carboxylic acids is 1. The SMILES string of the molecule is CC(C)C[C@H](Nc1cc(Cl)c(Cl)cc1[N+](=O)[O-])C(=O)O. The Kier molecular flexibility index (Phi) is 5.59. The van der Waals surface area contributed by atoms with Crippen LogP contribution in [0.2, 0.25) is 10.0 Å². The lowest BCUT2D eigenvalue weighted by Crippen LogP contribution is -2.31.